The van der Waals surface area contributed by atoms with Gasteiger partial charge in [0.05, 0.1) is 0 Å². The second kappa shape index (κ2) is 5.06. The number of nitrogens with zero attached hydrogens (tertiary/aromatic N) is 3. The smallest absolute Gasteiger partial charge is 0.182 e. The first kappa shape index (κ1) is 9.42. The van der Waals surface area contributed by atoms with Crippen molar-refractivity contribution < 1.29 is 0 Å². The fourth-order valence-electron chi connectivity index (χ4n) is 0.858. The van der Waals surface area contributed by atoms with Crippen LogP contribution < -0.4 is 11.1 Å². The van der Waals surface area contributed by atoms with Crippen LogP contribution in [0.2, 0.25) is 0 Å². The Morgan fingerprint density at radius 1 is 1.46 bits per heavy atom. The fourth-order valence-corrected chi connectivity index (χ4v) is 0.858. The van der Waals surface area contributed by atoms with Crippen molar-refractivity contribution in [3.63, 3.8) is 0 Å². The monoisotopic (exact) mass is 177 g/mol. The molecule has 0 fully saturated rings. The van der Waals surface area contributed by atoms with Crippen LogP contribution in [0.15, 0.2) is 12.4 Å². The summed E-state index contributed by atoms with van der Waals surface area (Å²) >= 11 is 0. The standard InChI is InChI=1S/C8H11N5/c9-2-1-3-12-8-7(6-10)11-4-5-13-8/h4-5H,1-3,9H2,(H,12,13). The summed E-state index contributed by atoms with van der Waals surface area (Å²) in [6.07, 6.45) is 3.89. The van der Waals surface area contributed by atoms with E-state index >= 15 is 0 Å². The van der Waals surface area contributed by atoms with Crippen molar-refractivity contribution in [1.82, 2.24) is 9.97 Å². The number of nitrogens with one attached hydrogen (secondary N) is 1. The maximum atomic E-state index is 8.66. The minimum atomic E-state index is 0.319. The largest absolute Gasteiger partial charge is 0.368 e. The lowest BCUT2D eigenvalue weighted by Crippen LogP contribution is -2.10. The molecule has 0 unspecified atom stereocenters. The predicted molar refractivity (Wildman–Crippen MR) is 48.9 cm³/mol. The van der Waals surface area contributed by atoms with Gasteiger partial charge in [0, 0.05) is 18.9 Å². The highest BCUT2D eigenvalue weighted by Crippen LogP contribution is 2.05. The van der Waals surface area contributed by atoms with Gasteiger partial charge < -0.3 is 11.1 Å². The van der Waals surface area contributed by atoms with Gasteiger partial charge in [0.15, 0.2) is 11.5 Å². The first-order chi connectivity index (χ1) is 6.38. The van der Waals surface area contributed by atoms with Crippen LogP contribution in [0.3, 0.4) is 0 Å². The third-order valence-corrected chi connectivity index (χ3v) is 1.48. The molecule has 1 heterocycles. The lowest BCUT2D eigenvalue weighted by molar-refractivity contribution is 0.868. The topological polar surface area (TPSA) is 87.6 Å². The van der Waals surface area contributed by atoms with Crippen LogP contribution in [0.5, 0.6) is 0 Å². The minimum absolute atomic E-state index is 0.319. The lowest BCUT2D eigenvalue weighted by Gasteiger charge is -2.03. The molecule has 0 aromatic carbocycles. The van der Waals surface area contributed by atoms with E-state index in [4.69, 9.17) is 11.0 Å². The first-order valence-corrected chi connectivity index (χ1v) is 4.03. The van der Waals surface area contributed by atoms with Crippen molar-refractivity contribution in [2.75, 3.05) is 18.4 Å². The van der Waals surface area contributed by atoms with E-state index in [1.807, 2.05) is 6.07 Å². The molecule has 0 saturated carbocycles. The summed E-state index contributed by atoms with van der Waals surface area (Å²) < 4.78 is 0. The zero-order valence-electron chi connectivity index (χ0n) is 7.20. The Bertz CT molecular complexity index is 304. The van der Waals surface area contributed by atoms with Gasteiger partial charge in [0.25, 0.3) is 0 Å². The van der Waals surface area contributed by atoms with Crippen molar-refractivity contribution in [3.05, 3.63) is 18.1 Å². The highest BCUT2D eigenvalue weighted by molar-refractivity contribution is 5.46. The van der Waals surface area contributed by atoms with E-state index in [-0.39, 0.29) is 0 Å². The van der Waals surface area contributed by atoms with E-state index in [9.17, 15) is 0 Å². The number of rotatable bonds is 4. The van der Waals surface area contributed by atoms with Crippen LogP contribution in [0, 0.1) is 11.3 Å². The molecule has 1 rings (SSSR count). The summed E-state index contributed by atoms with van der Waals surface area (Å²) in [5, 5.41) is 11.6. The van der Waals surface area contributed by atoms with Crippen LogP contribution in [-0.2, 0) is 0 Å². The van der Waals surface area contributed by atoms with Gasteiger partial charge in [-0.1, -0.05) is 0 Å². The Morgan fingerprint density at radius 2 is 2.23 bits per heavy atom. The third kappa shape index (κ3) is 2.69. The van der Waals surface area contributed by atoms with E-state index in [1.165, 1.54) is 6.20 Å². The summed E-state index contributed by atoms with van der Waals surface area (Å²) in [5.41, 5.74) is 5.64. The molecule has 0 radical (unpaired) electrons. The van der Waals surface area contributed by atoms with Gasteiger partial charge >= 0.3 is 0 Å². The summed E-state index contributed by atoms with van der Waals surface area (Å²) in [5.74, 6) is 0.526. The molecule has 1 aromatic rings. The maximum absolute atomic E-state index is 8.66. The summed E-state index contributed by atoms with van der Waals surface area (Å²) in [6, 6.07) is 1.96. The van der Waals surface area contributed by atoms with Crippen LogP contribution in [0.4, 0.5) is 5.82 Å². The normalized spacial score (nSPS) is 9.23. The first-order valence-electron chi connectivity index (χ1n) is 4.03. The highest BCUT2D eigenvalue weighted by Gasteiger charge is 2.01. The van der Waals surface area contributed by atoms with Gasteiger partial charge in [-0.05, 0) is 13.0 Å². The van der Waals surface area contributed by atoms with E-state index < -0.39 is 0 Å². The van der Waals surface area contributed by atoms with Crippen molar-refractivity contribution in [2.24, 2.45) is 5.73 Å². The molecule has 68 valence electrons. The Hall–Kier alpha value is -1.67. The van der Waals surface area contributed by atoms with Gasteiger partial charge in [-0.2, -0.15) is 5.26 Å². The van der Waals surface area contributed by atoms with Gasteiger partial charge in [-0.25, -0.2) is 9.97 Å². The van der Waals surface area contributed by atoms with Crippen LogP contribution in [0.25, 0.3) is 0 Å². The number of aromatic nitrogens is 2. The molecule has 0 amide bonds. The summed E-state index contributed by atoms with van der Waals surface area (Å²) in [6.45, 7) is 1.33. The van der Waals surface area contributed by atoms with Crippen molar-refractivity contribution >= 4 is 5.82 Å². The zero-order valence-corrected chi connectivity index (χ0v) is 7.20. The third-order valence-electron chi connectivity index (χ3n) is 1.48. The van der Waals surface area contributed by atoms with Gasteiger partial charge in [-0.15, -0.1) is 0 Å². The fraction of sp³-hybridized carbons (Fsp3) is 0.375. The molecule has 0 aliphatic rings. The molecule has 0 aliphatic carbocycles. The molecule has 13 heavy (non-hydrogen) atoms. The molecule has 5 heteroatoms. The molecule has 0 spiro atoms. The SMILES string of the molecule is N#Cc1nccnc1NCCCN. The Kier molecular flexibility index (Phi) is 3.67. The van der Waals surface area contributed by atoms with E-state index in [1.54, 1.807) is 6.20 Å². The summed E-state index contributed by atoms with van der Waals surface area (Å²) in [7, 11) is 0. The molecular weight excluding hydrogens is 166 g/mol. The second-order valence-electron chi connectivity index (χ2n) is 2.43. The lowest BCUT2D eigenvalue weighted by atomic mass is 10.4. The van der Waals surface area contributed by atoms with E-state index in [2.05, 4.69) is 15.3 Å². The second-order valence-corrected chi connectivity index (χ2v) is 2.43. The Morgan fingerprint density at radius 3 is 2.92 bits per heavy atom. The number of hydrogen-bond acceptors (Lipinski definition) is 5. The van der Waals surface area contributed by atoms with E-state index in [0.29, 0.717) is 24.6 Å². The molecule has 5 nitrogen and oxygen atoms in total. The van der Waals surface area contributed by atoms with E-state index in [0.717, 1.165) is 6.42 Å². The number of nitrogens with two attached hydrogens (primary N) is 1. The average Bonchev–Trinajstić information content (AvgIpc) is 2.19. The molecule has 0 aliphatic heterocycles. The minimum Gasteiger partial charge on any atom is -0.368 e. The molecular formula is C8H11N5. The molecule has 0 bridgehead atoms. The Balaban J connectivity index is 2.60. The van der Waals surface area contributed by atoms with Crippen molar-refractivity contribution in [1.29, 1.82) is 5.26 Å². The van der Waals surface area contributed by atoms with Gasteiger partial charge in [0.1, 0.15) is 6.07 Å². The van der Waals surface area contributed by atoms with Crippen molar-refractivity contribution in [3.8, 4) is 6.07 Å². The highest BCUT2D eigenvalue weighted by atomic mass is 15.0. The molecule has 0 saturated heterocycles. The van der Waals surface area contributed by atoms with Crippen molar-refractivity contribution in [2.45, 2.75) is 6.42 Å². The zero-order chi connectivity index (χ0) is 9.52. The average molecular weight is 177 g/mol. The maximum Gasteiger partial charge on any atom is 0.182 e. The van der Waals surface area contributed by atoms with Crippen LogP contribution in [-0.4, -0.2) is 23.1 Å². The van der Waals surface area contributed by atoms with Gasteiger partial charge in [-0.3, -0.25) is 0 Å². The van der Waals surface area contributed by atoms with Crippen LogP contribution in [0.1, 0.15) is 12.1 Å². The molecule has 1 aromatic heterocycles. The number of hydrogen-bond donors (Lipinski definition) is 2. The molecule has 0 atom stereocenters. The number of nitriles is 1. The number of anilines is 1. The van der Waals surface area contributed by atoms with Crippen LogP contribution >= 0.6 is 0 Å². The Labute approximate surface area is 76.6 Å². The quantitative estimate of drug-likeness (QED) is 0.637. The predicted octanol–water partition coefficient (Wildman–Crippen LogP) is 0.109. The summed E-state index contributed by atoms with van der Waals surface area (Å²) in [4.78, 5) is 7.84. The molecule has 3 N–H and O–H groups in total. The van der Waals surface area contributed by atoms with Gasteiger partial charge in [0.2, 0.25) is 0 Å².